The summed E-state index contributed by atoms with van der Waals surface area (Å²) in [6.07, 6.45) is 7.07. The number of nitrogens with one attached hydrogen (secondary N) is 1. The molecular formula is C11H18N2O3S. The van der Waals surface area contributed by atoms with Gasteiger partial charge in [-0.05, 0) is 17.9 Å². The molecular weight excluding hydrogens is 240 g/mol. The maximum absolute atomic E-state index is 11.6. The van der Waals surface area contributed by atoms with E-state index in [0.717, 1.165) is 10.7 Å². The summed E-state index contributed by atoms with van der Waals surface area (Å²) in [6.45, 7) is 2.14. The monoisotopic (exact) mass is 258 g/mol. The number of carbonyl (C=O) groups is 2. The Kier molecular flexibility index (Phi) is 8.07. The van der Waals surface area contributed by atoms with Gasteiger partial charge in [0.1, 0.15) is 6.54 Å². The van der Waals surface area contributed by atoms with Crippen molar-refractivity contribution < 1.29 is 14.7 Å². The van der Waals surface area contributed by atoms with Gasteiger partial charge in [-0.1, -0.05) is 12.8 Å². The Morgan fingerprint density at radius 2 is 2.24 bits per heavy atom. The highest BCUT2D eigenvalue weighted by Gasteiger charge is 2.15. The van der Waals surface area contributed by atoms with Gasteiger partial charge in [0.15, 0.2) is 0 Å². The Labute approximate surface area is 106 Å². The number of thioether (sulfide) groups is 1. The quantitative estimate of drug-likeness (QED) is 0.660. The van der Waals surface area contributed by atoms with Crippen molar-refractivity contribution in [3.8, 4) is 12.3 Å². The van der Waals surface area contributed by atoms with Crippen LogP contribution in [0.2, 0.25) is 0 Å². The van der Waals surface area contributed by atoms with E-state index in [2.05, 4.69) is 11.2 Å². The molecule has 0 rings (SSSR count). The van der Waals surface area contributed by atoms with Crippen molar-refractivity contribution in [1.82, 2.24) is 10.2 Å². The second kappa shape index (κ2) is 8.76. The minimum atomic E-state index is -1.08. The van der Waals surface area contributed by atoms with Crippen molar-refractivity contribution in [3.63, 3.8) is 0 Å². The van der Waals surface area contributed by atoms with Crippen LogP contribution in [0, 0.1) is 18.3 Å². The first-order valence-electron chi connectivity index (χ1n) is 5.18. The molecule has 2 amide bonds. The highest BCUT2D eigenvalue weighted by Crippen LogP contribution is 2.02. The van der Waals surface area contributed by atoms with Crippen LogP contribution in [-0.2, 0) is 4.79 Å². The second-order valence-corrected chi connectivity index (χ2v) is 4.61. The minimum absolute atomic E-state index is 0.00492. The lowest BCUT2D eigenvalue weighted by molar-refractivity contribution is -0.137. The number of urea groups is 1. The SMILES string of the molecule is C#CCN(CC(=O)O)C(=O)NCC(C)CSC. The zero-order valence-corrected chi connectivity index (χ0v) is 10.9. The zero-order valence-electron chi connectivity index (χ0n) is 10.1. The van der Waals surface area contributed by atoms with Crippen LogP contribution in [0.4, 0.5) is 4.79 Å². The molecule has 1 unspecified atom stereocenters. The van der Waals surface area contributed by atoms with Crippen molar-refractivity contribution >= 4 is 23.8 Å². The maximum atomic E-state index is 11.6. The number of carboxylic acid groups (broad SMARTS) is 1. The van der Waals surface area contributed by atoms with E-state index >= 15 is 0 Å². The molecule has 0 aromatic rings. The molecule has 0 saturated carbocycles. The zero-order chi connectivity index (χ0) is 13.3. The summed E-state index contributed by atoms with van der Waals surface area (Å²) < 4.78 is 0. The van der Waals surface area contributed by atoms with Crippen molar-refractivity contribution in [2.24, 2.45) is 5.92 Å². The molecule has 0 aliphatic heterocycles. The van der Waals surface area contributed by atoms with Crippen LogP contribution in [0.15, 0.2) is 0 Å². The second-order valence-electron chi connectivity index (χ2n) is 3.70. The molecule has 0 aromatic carbocycles. The summed E-state index contributed by atoms with van der Waals surface area (Å²) in [6, 6.07) is -0.432. The standard InChI is InChI=1S/C11H18N2O3S/c1-4-5-13(7-10(14)15)11(16)12-6-9(2)8-17-3/h1,9H,5-8H2,2-3H3,(H,12,16)(H,14,15). The first-order chi connectivity index (χ1) is 8.01. The lowest BCUT2D eigenvalue weighted by atomic mass is 10.2. The average Bonchev–Trinajstić information content (AvgIpc) is 2.25. The fourth-order valence-electron chi connectivity index (χ4n) is 1.19. The van der Waals surface area contributed by atoms with Crippen molar-refractivity contribution in [1.29, 1.82) is 0 Å². The normalized spacial score (nSPS) is 11.4. The van der Waals surface area contributed by atoms with Crippen LogP contribution in [0.25, 0.3) is 0 Å². The number of hydrogen-bond acceptors (Lipinski definition) is 3. The third kappa shape index (κ3) is 7.53. The molecule has 0 spiro atoms. The summed E-state index contributed by atoms with van der Waals surface area (Å²) in [5.41, 5.74) is 0. The Balaban J connectivity index is 4.14. The van der Waals surface area contributed by atoms with Crippen molar-refractivity contribution in [2.45, 2.75) is 6.92 Å². The van der Waals surface area contributed by atoms with E-state index in [1.807, 2.05) is 13.2 Å². The van der Waals surface area contributed by atoms with E-state index in [1.165, 1.54) is 0 Å². The van der Waals surface area contributed by atoms with E-state index in [4.69, 9.17) is 11.5 Å². The molecule has 0 aliphatic carbocycles. The number of terminal acetylenes is 1. The third-order valence-corrected chi connectivity index (χ3v) is 2.85. The predicted molar refractivity (Wildman–Crippen MR) is 69.0 cm³/mol. The van der Waals surface area contributed by atoms with E-state index in [0.29, 0.717) is 12.5 Å². The molecule has 0 aliphatic rings. The Morgan fingerprint density at radius 1 is 1.59 bits per heavy atom. The van der Waals surface area contributed by atoms with E-state index in [-0.39, 0.29) is 13.1 Å². The number of hydrogen-bond donors (Lipinski definition) is 2. The summed E-state index contributed by atoms with van der Waals surface area (Å²) in [4.78, 5) is 23.3. The lowest BCUT2D eigenvalue weighted by Gasteiger charge is -2.20. The topological polar surface area (TPSA) is 69.6 Å². The summed E-state index contributed by atoms with van der Waals surface area (Å²) in [5, 5.41) is 11.3. The molecule has 0 heterocycles. The number of carboxylic acids is 1. The molecule has 0 bridgehead atoms. The predicted octanol–water partition coefficient (Wildman–Crippen LogP) is 0.715. The molecule has 0 saturated heterocycles. The molecule has 0 fully saturated rings. The van der Waals surface area contributed by atoms with Crippen LogP contribution in [0.1, 0.15) is 6.92 Å². The smallest absolute Gasteiger partial charge is 0.323 e. The first kappa shape index (κ1) is 15.7. The Hall–Kier alpha value is -1.35. The Morgan fingerprint density at radius 3 is 2.71 bits per heavy atom. The fourth-order valence-corrected chi connectivity index (χ4v) is 1.88. The highest BCUT2D eigenvalue weighted by molar-refractivity contribution is 7.98. The van der Waals surface area contributed by atoms with E-state index in [1.54, 1.807) is 11.8 Å². The maximum Gasteiger partial charge on any atom is 0.323 e. The van der Waals surface area contributed by atoms with Crippen LogP contribution in [-0.4, -0.2) is 53.6 Å². The average molecular weight is 258 g/mol. The van der Waals surface area contributed by atoms with Crippen LogP contribution >= 0.6 is 11.8 Å². The van der Waals surface area contributed by atoms with Gasteiger partial charge in [0.25, 0.3) is 0 Å². The molecule has 1 atom stereocenters. The van der Waals surface area contributed by atoms with Gasteiger partial charge in [-0.3, -0.25) is 4.79 Å². The number of amides is 2. The van der Waals surface area contributed by atoms with E-state index in [9.17, 15) is 9.59 Å². The summed E-state index contributed by atoms with van der Waals surface area (Å²) >= 11 is 1.70. The molecule has 17 heavy (non-hydrogen) atoms. The van der Waals surface area contributed by atoms with Gasteiger partial charge in [0.05, 0.1) is 6.54 Å². The van der Waals surface area contributed by atoms with Crippen molar-refractivity contribution in [3.05, 3.63) is 0 Å². The summed E-state index contributed by atoms with van der Waals surface area (Å²) in [7, 11) is 0. The van der Waals surface area contributed by atoms with Gasteiger partial charge in [0.2, 0.25) is 0 Å². The van der Waals surface area contributed by atoms with Gasteiger partial charge in [-0.2, -0.15) is 11.8 Å². The number of aliphatic carboxylic acids is 1. The van der Waals surface area contributed by atoms with Crippen LogP contribution < -0.4 is 5.32 Å². The molecule has 2 N–H and O–H groups in total. The molecule has 0 aromatic heterocycles. The van der Waals surface area contributed by atoms with Crippen LogP contribution in [0.5, 0.6) is 0 Å². The van der Waals surface area contributed by atoms with E-state index < -0.39 is 12.0 Å². The third-order valence-electron chi connectivity index (χ3n) is 1.95. The first-order valence-corrected chi connectivity index (χ1v) is 6.57. The minimum Gasteiger partial charge on any atom is -0.480 e. The molecule has 96 valence electrons. The summed E-state index contributed by atoms with van der Waals surface area (Å²) in [5.74, 6) is 2.47. The van der Waals surface area contributed by atoms with Gasteiger partial charge in [-0.15, -0.1) is 6.42 Å². The highest BCUT2D eigenvalue weighted by atomic mass is 32.2. The number of nitrogens with zero attached hydrogens (tertiary/aromatic N) is 1. The van der Waals surface area contributed by atoms with Gasteiger partial charge >= 0.3 is 12.0 Å². The molecule has 6 heteroatoms. The fraction of sp³-hybridized carbons (Fsp3) is 0.636. The molecule has 5 nitrogen and oxygen atoms in total. The largest absolute Gasteiger partial charge is 0.480 e. The Bertz CT molecular complexity index is 302. The van der Waals surface area contributed by atoms with Gasteiger partial charge in [0, 0.05) is 6.54 Å². The van der Waals surface area contributed by atoms with Gasteiger partial charge < -0.3 is 15.3 Å². The van der Waals surface area contributed by atoms with Crippen molar-refractivity contribution in [2.75, 3.05) is 31.6 Å². The van der Waals surface area contributed by atoms with Crippen LogP contribution in [0.3, 0.4) is 0 Å². The number of rotatable bonds is 7. The lowest BCUT2D eigenvalue weighted by Crippen LogP contribution is -2.44. The molecule has 0 radical (unpaired) electrons. The van der Waals surface area contributed by atoms with Gasteiger partial charge in [-0.25, -0.2) is 4.79 Å². The number of carbonyl (C=O) groups excluding carboxylic acids is 1.